The fourth-order valence-corrected chi connectivity index (χ4v) is 4.81. The molecule has 0 aliphatic carbocycles. The summed E-state index contributed by atoms with van der Waals surface area (Å²) in [6.07, 6.45) is 3.23. The van der Waals surface area contributed by atoms with Crippen LogP contribution in [-0.2, 0) is 9.53 Å². The van der Waals surface area contributed by atoms with E-state index in [1.165, 1.54) is 5.56 Å². The Hall–Kier alpha value is -2.24. The van der Waals surface area contributed by atoms with Crippen molar-refractivity contribution < 1.29 is 14.3 Å². The Morgan fingerprint density at radius 2 is 1.86 bits per heavy atom. The summed E-state index contributed by atoms with van der Waals surface area (Å²) in [6, 6.07) is 7.96. The lowest BCUT2D eigenvalue weighted by Gasteiger charge is -2.40. The molecule has 6 nitrogen and oxygen atoms in total. The first-order chi connectivity index (χ1) is 13.3. The number of amides is 2. The fourth-order valence-electron chi connectivity index (χ4n) is 4.81. The molecule has 4 rings (SSSR count). The van der Waals surface area contributed by atoms with E-state index in [9.17, 15) is 9.59 Å². The van der Waals surface area contributed by atoms with Crippen LogP contribution in [0.5, 0.6) is 0 Å². The van der Waals surface area contributed by atoms with Crippen molar-refractivity contribution in [2.24, 2.45) is 5.92 Å². The highest BCUT2D eigenvalue weighted by atomic mass is 16.6. The normalized spacial score (nSPS) is 26.9. The van der Waals surface area contributed by atoms with Crippen LogP contribution in [0.2, 0.25) is 0 Å². The molecule has 2 saturated heterocycles. The Balaban J connectivity index is 1.57. The first-order valence-electron chi connectivity index (χ1n) is 10.5. The van der Waals surface area contributed by atoms with Crippen molar-refractivity contribution in [2.75, 3.05) is 25.0 Å². The van der Waals surface area contributed by atoms with Crippen LogP contribution in [0.25, 0.3) is 0 Å². The number of nitrogens with one attached hydrogen (secondary N) is 1. The van der Waals surface area contributed by atoms with Gasteiger partial charge in [-0.05, 0) is 58.1 Å². The Morgan fingerprint density at radius 1 is 1.07 bits per heavy atom. The molecule has 0 aromatic heterocycles. The van der Waals surface area contributed by atoms with E-state index >= 15 is 0 Å². The molecule has 3 aliphatic heterocycles. The Labute approximate surface area is 167 Å². The molecule has 2 amide bonds. The molecule has 0 unspecified atom stereocenters. The molecule has 0 bridgehead atoms. The smallest absolute Gasteiger partial charge is 0.410 e. The number of para-hydroxylation sites is 1. The molecule has 1 aromatic carbocycles. The van der Waals surface area contributed by atoms with E-state index < -0.39 is 11.6 Å². The van der Waals surface area contributed by atoms with Gasteiger partial charge in [-0.25, -0.2) is 4.79 Å². The zero-order valence-corrected chi connectivity index (χ0v) is 17.1. The highest BCUT2D eigenvalue weighted by Crippen LogP contribution is 2.44. The van der Waals surface area contributed by atoms with Crippen molar-refractivity contribution in [1.82, 2.24) is 9.80 Å². The molecule has 0 radical (unpaired) electrons. The largest absolute Gasteiger partial charge is 0.444 e. The van der Waals surface area contributed by atoms with Gasteiger partial charge in [0.15, 0.2) is 0 Å². The molecule has 3 atom stereocenters. The topological polar surface area (TPSA) is 61.9 Å². The third-order valence-electron chi connectivity index (χ3n) is 6.06. The minimum atomic E-state index is -0.561. The van der Waals surface area contributed by atoms with Gasteiger partial charge < -0.3 is 15.0 Å². The minimum absolute atomic E-state index is 0.0785. The Kier molecular flexibility index (Phi) is 4.98. The third-order valence-corrected chi connectivity index (χ3v) is 6.06. The molecule has 2 fully saturated rings. The van der Waals surface area contributed by atoms with Crippen molar-refractivity contribution >= 4 is 17.7 Å². The number of carbonyl (C=O) groups is 2. The molecule has 28 heavy (non-hydrogen) atoms. The summed E-state index contributed by atoms with van der Waals surface area (Å²) in [5.74, 6) is 0.507. The number of hydrogen-bond acceptors (Lipinski definition) is 4. The van der Waals surface area contributed by atoms with E-state index in [1.807, 2.05) is 37.8 Å². The van der Waals surface area contributed by atoms with Crippen molar-refractivity contribution in [3.8, 4) is 0 Å². The quantitative estimate of drug-likeness (QED) is 0.799. The lowest BCUT2D eigenvalue weighted by Crippen LogP contribution is -2.54. The van der Waals surface area contributed by atoms with E-state index in [4.69, 9.17) is 4.74 Å². The second-order valence-corrected chi connectivity index (χ2v) is 9.18. The minimum Gasteiger partial charge on any atom is -0.444 e. The maximum atomic E-state index is 13.6. The Morgan fingerprint density at radius 3 is 2.64 bits per heavy atom. The molecule has 0 saturated carbocycles. The predicted octanol–water partition coefficient (Wildman–Crippen LogP) is 3.79. The van der Waals surface area contributed by atoms with Crippen molar-refractivity contribution in [1.29, 1.82) is 0 Å². The van der Waals surface area contributed by atoms with Crippen LogP contribution in [0.3, 0.4) is 0 Å². The monoisotopic (exact) mass is 385 g/mol. The Bertz CT molecular complexity index is 758. The molecule has 152 valence electrons. The van der Waals surface area contributed by atoms with Crippen molar-refractivity contribution in [2.45, 2.75) is 64.1 Å². The highest BCUT2D eigenvalue weighted by Gasteiger charge is 2.45. The van der Waals surface area contributed by atoms with Gasteiger partial charge in [0, 0.05) is 31.2 Å². The highest BCUT2D eigenvalue weighted by molar-refractivity contribution is 5.87. The van der Waals surface area contributed by atoms with E-state index in [1.54, 1.807) is 4.90 Å². The molecule has 6 heteroatoms. The average Bonchev–Trinajstić information content (AvgIpc) is 3.11. The lowest BCUT2D eigenvalue weighted by molar-refractivity contribution is -0.139. The van der Waals surface area contributed by atoms with Gasteiger partial charge in [-0.3, -0.25) is 9.69 Å². The van der Waals surface area contributed by atoms with Crippen molar-refractivity contribution in [3.63, 3.8) is 0 Å². The van der Waals surface area contributed by atoms with Crippen LogP contribution in [0, 0.1) is 5.92 Å². The first-order valence-corrected chi connectivity index (χ1v) is 10.5. The number of ether oxygens (including phenoxy) is 1. The van der Waals surface area contributed by atoms with Crippen LogP contribution in [0.4, 0.5) is 10.5 Å². The second-order valence-electron chi connectivity index (χ2n) is 9.18. The summed E-state index contributed by atoms with van der Waals surface area (Å²) < 4.78 is 5.59. The number of hydrogen-bond donors (Lipinski definition) is 1. The predicted molar refractivity (Wildman–Crippen MR) is 108 cm³/mol. The van der Waals surface area contributed by atoms with Gasteiger partial charge in [0.2, 0.25) is 5.91 Å². The number of likely N-dealkylation sites (tertiary alicyclic amines) is 2. The van der Waals surface area contributed by atoms with Gasteiger partial charge in [-0.2, -0.15) is 0 Å². The summed E-state index contributed by atoms with van der Waals surface area (Å²) >= 11 is 0. The number of nitrogens with zero attached hydrogens (tertiary/aromatic N) is 2. The molecule has 1 N–H and O–H groups in total. The van der Waals surface area contributed by atoms with Crippen LogP contribution in [0.15, 0.2) is 24.3 Å². The fraction of sp³-hybridized carbons (Fsp3) is 0.636. The SMILES string of the molecule is CC(C)(C)OC(=O)N1CCCC[C@@H]1C(=O)N1CC[C@@H]2CNc3ccccc3[C@@H]21. The lowest BCUT2D eigenvalue weighted by atomic mass is 9.88. The molecule has 3 heterocycles. The van der Waals surface area contributed by atoms with Gasteiger partial charge in [0.1, 0.15) is 11.6 Å². The number of carbonyl (C=O) groups excluding carboxylic acids is 2. The first kappa shape index (κ1) is 19.1. The second kappa shape index (κ2) is 7.30. The number of fused-ring (bicyclic) bond motifs is 3. The van der Waals surface area contributed by atoms with Crippen LogP contribution in [0.1, 0.15) is 58.1 Å². The average molecular weight is 386 g/mol. The maximum absolute atomic E-state index is 13.6. The molecule has 1 aromatic rings. The molecular weight excluding hydrogens is 354 g/mol. The van der Waals surface area contributed by atoms with E-state index in [0.29, 0.717) is 18.9 Å². The van der Waals surface area contributed by atoms with Gasteiger partial charge >= 0.3 is 6.09 Å². The third kappa shape index (κ3) is 3.56. The number of piperidine rings is 1. The number of rotatable bonds is 1. The number of benzene rings is 1. The summed E-state index contributed by atoms with van der Waals surface area (Å²) in [6.45, 7) is 7.83. The van der Waals surface area contributed by atoms with E-state index in [-0.39, 0.29) is 18.0 Å². The van der Waals surface area contributed by atoms with Gasteiger partial charge in [-0.1, -0.05) is 18.2 Å². The maximum Gasteiger partial charge on any atom is 0.410 e. The van der Waals surface area contributed by atoms with Crippen LogP contribution in [-0.4, -0.2) is 53.1 Å². The number of anilines is 1. The van der Waals surface area contributed by atoms with Crippen LogP contribution < -0.4 is 5.32 Å². The van der Waals surface area contributed by atoms with Gasteiger partial charge in [0.05, 0.1) is 6.04 Å². The summed E-state index contributed by atoms with van der Waals surface area (Å²) in [5, 5.41) is 3.50. The molecular formula is C22H31N3O3. The summed E-state index contributed by atoms with van der Waals surface area (Å²) in [7, 11) is 0. The van der Waals surface area contributed by atoms with Gasteiger partial charge in [0.25, 0.3) is 0 Å². The molecule has 3 aliphatic rings. The zero-order chi connectivity index (χ0) is 19.9. The van der Waals surface area contributed by atoms with Crippen molar-refractivity contribution in [3.05, 3.63) is 29.8 Å². The standard InChI is InChI=1S/C22H31N3O3/c1-22(2,3)28-21(27)24-12-7-6-10-18(24)20(26)25-13-11-15-14-23-17-9-5-4-8-16(17)19(15)25/h4-5,8-9,15,18-19,23H,6-7,10-14H2,1-3H3/t15-,18-,19-/m1/s1. The summed E-state index contributed by atoms with van der Waals surface area (Å²) in [5.41, 5.74) is 1.76. The van der Waals surface area contributed by atoms with E-state index in [0.717, 1.165) is 38.0 Å². The zero-order valence-electron chi connectivity index (χ0n) is 17.1. The molecule has 0 spiro atoms. The van der Waals surface area contributed by atoms with Crippen LogP contribution >= 0.6 is 0 Å². The van der Waals surface area contributed by atoms with Gasteiger partial charge in [-0.15, -0.1) is 0 Å². The van der Waals surface area contributed by atoms with E-state index in [2.05, 4.69) is 17.4 Å². The summed E-state index contributed by atoms with van der Waals surface area (Å²) in [4.78, 5) is 30.0.